The highest BCUT2D eigenvalue weighted by molar-refractivity contribution is 7.62. The lowest BCUT2D eigenvalue weighted by molar-refractivity contribution is -0.137. The summed E-state index contributed by atoms with van der Waals surface area (Å²) in [5.74, 6) is 0. The van der Waals surface area contributed by atoms with E-state index in [1.807, 2.05) is 0 Å². The highest BCUT2D eigenvalue weighted by Gasteiger charge is 2.34. The molecule has 24 heavy (non-hydrogen) atoms. The van der Waals surface area contributed by atoms with E-state index in [2.05, 4.69) is 5.10 Å². The van der Waals surface area contributed by atoms with E-state index in [0.717, 1.165) is 25.1 Å². The maximum atomic E-state index is 12.7. The van der Waals surface area contributed by atoms with Crippen LogP contribution in [0.2, 0.25) is 10.0 Å². The number of halogens is 5. The second-order valence-electron chi connectivity index (χ2n) is 4.45. The molecular formula is C12H10Cl2F3N2O4P. The van der Waals surface area contributed by atoms with Gasteiger partial charge in [-0.15, -0.1) is 0 Å². The van der Waals surface area contributed by atoms with Crippen LogP contribution >= 0.6 is 30.8 Å². The normalized spacial score (nSPS) is 12.6. The molecule has 1 N–H and O–H groups in total. The molecule has 0 bridgehead atoms. The summed E-state index contributed by atoms with van der Waals surface area (Å²) in [5.41, 5.74) is -2.17. The van der Waals surface area contributed by atoms with Gasteiger partial charge in [0.2, 0.25) is 0 Å². The van der Waals surface area contributed by atoms with Crippen LogP contribution in [0.5, 0.6) is 0 Å². The minimum absolute atomic E-state index is 0.221. The van der Waals surface area contributed by atoms with Crippen molar-refractivity contribution in [2.75, 3.05) is 14.2 Å². The van der Waals surface area contributed by atoms with E-state index in [-0.39, 0.29) is 11.0 Å². The molecule has 0 saturated heterocycles. The second-order valence-corrected chi connectivity index (χ2v) is 7.47. The van der Waals surface area contributed by atoms with Crippen molar-refractivity contribution in [2.24, 2.45) is 0 Å². The molecule has 1 heterocycles. The number of hydrogen-bond acceptors (Lipinski definition) is 4. The SMILES string of the molecule is COP(=O)(OC)c1c[nH]n(-c2c(Cl)cc(C(F)(F)F)cc2Cl)c1=O. The van der Waals surface area contributed by atoms with E-state index in [1.54, 1.807) is 0 Å². The van der Waals surface area contributed by atoms with Gasteiger partial charge in [0.1, 0.15) is 11.0 Å². The Kier molecular flexibility index (Phi) is 5.22. The molecule has 0 aliphatic heterocycles. The lowest BCUT2D eigenvalue weighted by Crippen LogP contribution is -2.28. The van der Waals surface area contributed by atoms with Crippen LogP contribution in [0.25, 0.3) is 5.69 Å². The minimum Gasteiger partial charge on any atom is -0.308 e. The highest BCUT2D eigenvalue weighted by Crippen LogP contribution is 2.44. The highest BCUT2D eigenvalue weighted by atomic mass is 35.5. The topological polar surface area (TPSA) is 73.3 Å². The molecule has 1 aromatic heterocycles. The van der Waals surface area contributed by atoms with Crippen LogP contribution in [-0.4, -0.2) is 24.0 Å². The van der Waals surface area contributed by atoms with Crippen LogP contribution in [-0.2, 0) is 19.8 Å². The summed E-state index contributed by atoms with van der Waals surface area (Å²) in [6.45, 7) is 0. The molecule has 2 rings (SSSR count). The third-order valence-corrected chi connectivity index (χ3v) is 5.54. The molecule has 1 aromatic carbocycles. The van der Waals surface area contributed by atoms with Crippen molar-refractivity contribution in [3.05, 3.63) is 44.3 Å². The number of alkyl halides is 3. The van der Waals surface area contributed by atoms with Crippen LogP contribution in [0.15, 0.2) is 23.1 Å². The molecule has 0 atom stereocenters. The Morgan fingerprint density at radius 1 is 1.17 bits per heavy atom. The maximum Gasteiger partial charge on any atom is 0.416 e. The average molecular weight is 405 g/mol. The summed E-state index contributed by atoms with van der Waals surface area (Å²) in [5, 5.41) is 1.24. The number of H-pyrrole nitrogens is 1. The Morgan fingerprint density at radius 2 is 1.67 bits per heavy atom. The number of benzene rings is 1. The number of rotatable bonds is 4. The maximum absolute atomic E-state index is 12.7. The molecule has 12 heteroatoms. The van der Waals surface area contributed by atoms with Gasteiger partial charge in [-0.25, -0.2) is 4.68 Å². The van der Waals surface area contributed by atoms with Crippen LogP contribution < -0.4 is 10.9 Å². The fourth-order valence-electron chi connectivity index (χ4n) is 1.94. The van der Waals surface area contributed by atoms with Crippen molar-refractivity contribution in [2.45, 2.75) is 6.18 Å². The minimum atomic E-state index is -4.65. The fourth-order valence-corrected chi connectivity index (χ4v) is 3.69. The molecule has 0 radical (unpaired) electrons. The van der Waals surface area contributed by atoms with Crippen molar-refractivity contribution < 1.29 is 26.8 Å². The zero-order valence-electron chi connectivity index (χ0n) is 12.1. The quantitative estimate of drug-likeness (QED) is 0.790. The predicted molar refractivity (Wildman–Crippen MR) is 82.7 cm³/mol. The summed E-state index contributed by atoms with van der Waals surface area (Å²) in [6, 6.07) is 1.25. The van der Waals surface area contributed by atoms with Crippen molar-refractivity contribution in [3.8, 4) is 5.69 Å². The van der Waals surface area contributed by atoms with Gasteiger partial charge in [-0.2, -0.15) is 13.2 Å². The molecule has 0 spiro atoms. The predicted octanol–water partition coefficient (Wildman–Crippen LogP) is 3.60. The largest absolute Gasteiger partial charge is 0.416 e. The molecule has 2 aromatic rings. The summed E-state index contributed by atoms with van der Waals surface area (Å²) in [6.07, 6.45) is -3.61. The Hall–Kier alpha value is -1.25. The molecule has 0 unspecified atom stereocenters. The van der Waals surface area contributed by atoms with Gasteiger partial charge in [0.15, 0.2) is 0 Å². The molecule has 132 valence electrons. The van der Waals surface area contributed by atoms with E-state index in [4.69, 9.17) is 32.2 Å². The van der Waals surface area contributed by atoms with Gasteiger partial charge in [-0.1, -0.05) is 23.2 Å². The number of hydrogen-bond donors (Lipinski definition) is 1. The summed E-state index contributed by atoms with van der Waals surface area (Å²) in [7, 11) is -1.70. The zero-order valence-corrected chi connectivity index (χ0v) is 14.6. The van der Waals surface area contributed by atoms with Gasteiger partial charge in [0.25, 0.3) is 5.56 Å². The van der Waals surface area contributed by atoms with Crippen molar-refractivity contribution in [1.82, 2.24) is 9.78 Å². The Bertz CT molecular complexity index is 847. The van der Waals surface area contributed by atoms with Gasteiger partial charge in [0.05, 0.1) is 15.6 Å². The van der Waals surface area contributed by atoms with E-state index < -0.39 is 34.9 Å². The van der Waals surface area contributed by atoms with Gasteiger partial charge < -0.3 is 9.05 Å². The third kappa shape index (κ3) is 3.27. The summed E-state index contributed by atoms with van der Waals surface area (Å²) >= 11 is 11.7. The molecule has 0 amide bonds. The standard InChI is InChI=1S/C12H10Cl2F3N2O4P/c1-22-24(21,23-2)9-5-18-19(11(9)20)10-7(13)3-6(4-8(10)14)12(15,16)17/h3-5,18H,1-2H3. The van der Waals surface area contributed by atoms with E-state index in [0.29, 0.717) is 12.1 Å². The van der Waals surface area contributed by atoms with Crippen molar-refractivity contribution in [3.63, 3.8) is 0 Å². The Morgan fingerprint density at radius 3 is 2.08 bits per heavy atom. The van der Waals surface area contributed by atoms with Crippen molar-refractivity contribution >= 4 is 36.1 Å². The Labute approximate surface area is 143 Å². The number of aromatic amines is 1. The fraction of sp³-hybridized carbons (Fsp3) is 0.250. The molecule has 0 saturated carbocycles. The van der Waals surface area contributed by atoms with Crippen molar-refractivity contribution in [1.29, 1.82) is 0 Å². The smallest absolute Gasteiger partial charge is 0.308 e. The van der Waals surface area contributed by atoms with Crippen LogP contribution in [0, 0.1) is 0 Å². The van der Waals surface area contributed by atoms with Crippen LogP contribution in [0.1, 0.15) is 5.56 Å². The molecular weight excluding hydrogens is 395 g/mol. The van der Waals surface area contributed by atoms with Gasteiger partial charge in [-0.05, 0) is 12.1 Å². The second kappa shape index (κ2) is 6.57. The first-order valence-electron chi connectivity index (χ1n) is 6.14. The molecule has 0 aliphatic rings. The van der Waals surface area contributed by atoms with E-state index in [9.17, 15) is 22.5 Å². The van der Waals surface area contributed by atoms with Gasteiger partial charge in [-0.3, -0.25) is 14.5 Å². The first-order valence-corrected chi connectivity index (χ1v) is 8.44. The third-order valence-electron chi connectivity index (χ3n) is 3.10. The van der Waals surface area contributed by atoms with Crippen LogP contribution in [0.4, 0.5) is 13.2 Å². The number of nitrogens with one attached hydrogen (secondary N) is 1. The van der Waals surface area contributed by atoms with Gasteiger partial charge >= 0.3 is 13.8 Å². The molecule has 0 aliphatic carbocycles. The summed E-state index contributed by atoms with van der Waals surface area (Å²) in [4.78, 5) is 12.4. The lowest BCUT2D eigenvalue weighted by atomic mass is 10.2. The molecule has 6 nitrogen and oxygen atoms in total. The first-order chi connectivity index (χ1) is 11.0. The van der Waals surface area contributed by atoms with E-state index >= 15 is 0 Å². The molecule has 0 fully saturated rings. The lowest BCUT2D eigenvalue weighted by Gasteiger charge is -2.12. The van der Waals surface area contributed by atoms with Gasteiger partial charge in [0, 0.05) is 20.4 Å². The van der Waals surface area contributed by atoms with E-state index in [1.165, 1.54) is 0 Å². The first kappa shape index (κ1) is 19.1. The monoisotopic (exact) mass is 404 g/mol. The summed E-state index contributed by atoms with van der Waals surface area (Å²) < 4.78 is 60.7. The zero-order chi connectivity index (χ0) is 18.3. The number of nitrogens with zero attached hydrogens (tertiary/aromatic N) is 1. The van der Waals surface area contributed by atoms with Crippen LogP contribution in [0.3, 0.4) is 0 Å². The Balaban J connectivity index is 2.66. The number of aromatic nitrogens is 2. The average Bonchev–Trinajstić information content (AvgIpc) is 2.87.